The normalized spacial score (nSPS) is 11.8. The lowest BCUT2D eigenvalue weighted by molar-refractivity contribution is -0.127. The van der Waals surface area contributed by atoms with Crippen molar-refractivity contribution in [3.63, 3.8) is 0 Å². The Hall–Kier alpha value is -4.82. The van der Waals surface area contributed by atoms with Gasteiger partial charge in [-0.05, 0) is 95.5 Å². The highest BCUT2D eigenvalue weighted by Gasteiger charge is 2.18. The molecule has 5 aromatic carbocycles. The summed E-state index contributed by atoms with van der Waals surface area (Å²) in [5, 5.41) is 2.68. The van der Waals surface area contributed by atoms with Crippen LogP contribution in [-0.4, -0.2) is 105 Å². The summed E-state index contributed by atoms with van der Waals surface area (Å²) in [7, 11) is 5.99. The number of aryl methyl sites for hydroxylation is 3. The smallest absolute Gasteiger partial charge is 0.219 e. The number of nitrogens with zero attached hydrogens (tertiary/aromatic N) is 4. The quantitative estimate of drug-likeness (QED) is 0.165. The van der Waals surface area contributed by atoms with Crippen molar-refractivity contribution in [1.82, 2.24) is 19.6 Å². The summed E-state index contributed by atoms with van der Waals surface area (Å²) in [4.78, 5) is 29.0. The highest BCUT2D eigenvalue weighted by atomic mass is 16.5. The van der Waals surface area contributed by atoms with E-state index in [0.717, 1.165) is 26.2 Å². The SMILES string of the molecule is C.C.C.C.C.C.C.CC.CC.CC.CC.CC(=O)N1CC1.CC(=O)N1CCCC1.CN1CC1.CN1CCCC1.COCc1ccccc1.Cc1cccc2ccccc12.Cc1ccccc1.Cc1ccccc1. The molecule has 7 nitrogen and oxygen atoms in total. The predicted molar refractivity (Wildman–Crippen MR) is 339 cm³/mol. The Morgan fingerprint density at radius 3 is 0.959 bits per heavy atom. The van der Waals surface area contributed by atoms with Crippen molar-refractivity contribution in [2.75, 3.05) is 73.6 Å². The fourth-order valence-corrected chi connectivity index (χ4v) is 5.57. The molecule has 426 valence electrons. The summed E-state index contributed by atoms with van der Waals surface area (Å²) >= 11 is 0. The minimum absolute atomic E-state index is 0. The summed E-state index contributed by atoms with van der Waals surface area (Å²) in [5.41, 5.74) is 5.22. The number of methoxy groups -OCH3 is 1. The zero-order valence-electron chi connectivity index (χ0n) is 44.9. The van der Waals surface area contributed by atoms with E-state index in [9.17, 15) is 9.59 Å². The molecule has 0 unspecified atom stereocenters. The van der Waals surface area contributed by atoms with E-state index in [4.69, 9.17) is 4.74 Å². The van der Waals surface area contributed by atoms with E-state index in [-0.39, 0.29) is 63.8 Å². The third kappa shape index (κ3) is 56.3. The van der Waals surface area contributed by atoms with Crippen LogP contribution >= 0.6 is 0 Å². The van der Waals surface area contributed by atoms with Crippen LogP contribution in [0.25, 0.3) is 10.8 Å². The molecule has 0 saturated carbocycles. The molecule has 7 heteroatoms. The zero-order valence-corrected chi connectivity index (χ0v) is 44.9. The molecule has 0 aromatic heterocycles. The molecular formula is C66H124N4O3. The van der Waals surface area contributed by atoms with E-state index in [1.165, 1.54) is 84.9 Å². The molecule has 0 aliphatic carbocycles. The minimum atomic E-state index is 0. The van der Waals surface area contributed by atoms with Crippen LogP contribution in [0.1, 0.15) is 169 Å². The van der Waals surface area contributed by atoms with Gasteiger partial charge in [0.25, 0.3) is 0 Å². The number of hydrogen-bond acceptors (Lipinski definition) is 5. The first-order chi connectivity index (χ1) is 32.0. The number of carbonyl (C=O) groups excluding carboxylic acids is 2. The summed E-state index contributed by atoms with van der Waals surface area (Å²) < 4.78 is 4.93. The molecule has 4 aliphatic rings. The topological polar surface area (TPSA) is 55.9 Å². The molecule has 9 rings (SSSR count). The Morgan fingerprint density at radius 1 is 0.411 bits per heavy atom. The Morgan fingerprint density at radius 2 is 0.712 bits per heavy atom. The molecule has 0 spiro atoms. The molecular weight excluding hydrogens is 897 g/mol. The van der Waals surface area contributed by atoms with Crippen LogP contribution in [0, 0.1) is 20.8 Å². The second-order valence-corrected chi connectivity index (χ2v) is 15.1. The number of likely N-dealkylation sites (tertiary alicyclic amines) is 2. The Balaban J connectivity index is -0.0000000758. The number of ether oxygens (including phenoxy) is 1. The Kier molecular flexibility index (Phi) is 81.2. The minimum Gasteiger partial charge on any atom is -0.380 e. The van der Waals surface area contributed by atoms with Crippen molar-refractivity contribution in [2.24, 2.45) is 0 Å². The fourth-order valence-electron chi connectivity index (χ4n) is 5.57. The lowest BCUT2D eigenvalue weighted by atomic mass is 10.1. The second-order valence-electron chi connectivity index (χ2n) is 15.1. The molecule has 4 saturated heterocycles. The van der Waals surface area contributed by atoms with Crippen molar-refractivity contribution in [3.05, 3.63) is 156 Å². The highest BCUT2D eigenvalue weighted by molar-refractivity contribution is 5.85. The van der Waals surface area contributed by atoms with E-state index in [0.29, 0.717) is 6.61 Å². The van der Waals surface area contributed by atoms with Crippen LogP contribution < -0.4 is 0 Å². The van der Waals surface area contributed by atoms with Crippen LogP contribution in [0.15, 0.2) is 133 Å². The van der Waals surface area contributed by atoms with Crippen molar-refractivity contribution in [3.8, 4) is 0 Å². The van der Waals surface area contributed by atoms with Gasteiger partial charge in [0.15, 0.2) is 0 Å². The molecule has 2 amide bonds. The maximum absolute atomic E-state index is 10.6. The number of amides is 2. The molecule has 4 fully saturated rings. The summed E-state index contributed by atoms with van der Waals surface area (Å²) in [6, 6.07) is 45.5. The zero-order chi connectivity index (χ0) is 50.4. The first kappa shape index (κ1) is 90.9. The molecule has 0 atom stereocenters. The molecule has 4 aliphatic heterocycles. The number of hydrogen-bond donors (Lipinski definition) is 0. The van der Waals surface area contributed by atoms with Crippen LogP contribution in [0.5, 0.6) is 0 Å². The van der Waals surface area contributed by atoms with Gasteiger partial charge in [0.2, 0.25) is 11.8 Å². The first-order valence-corrected chi connectivity index (χ1v) is 24.9. The van der Waals surface area contributed by atoms with E-state index in [2.05, 4.69) is 111 Å². The van der Waals surface area contributed by atoms with Crippen molar-refractivity contribution < 1.29 is 14.3 Å². The van der Waals surface area contributed by atoms with Crippen molar-refractivity contribution in [2.45, 2.75) is 174 Å². The standard InChI is InChI=1S/C11H10.C8H10O.2C7H8.C6H11NO.C5H11N.C4H7NO.C3H7N.4C2H6.7CH4/c1-9-5-4-7-10-6-2-3-8-11(9)10;1-9-7-8-5-3-2-4-6-8;2*1-7-5-3-2-4-6-7;1-6(8)7-4-2-3-5-7;1-6-4-2-3-5-6;1-4(6)5-2-3-5;1-4-2-3-4;4*1-2;;;;;;;/h2-8H,1H3;2-6H,7H2,1H3;2*2-6H,1H3;2-5H2,1H3;2-5H2,1H3;2-3H2,1H3;2-3H2,1H3;4*1-2H3;7*1H4. The number of likely N-dealkylation sites (N-methyl/N-ethyl adjacent to an activating group) is 1. The first-order valence-electron chi connectivity index (χ1n) is 24.9. The van der Waals surface area contributed by atoms with Crippen LogP contribution in [0.4, 0.5) is 0 Å². The fraction of sp³-hybridized carbons (Fsp3) is 0.545. The average molecular weight is 1020 g/mol. The molecule has 73 heavy (non-hydrogen) atoms. The largest absolute Gasteiger partial charge is 0.380 e. The van der Waals surface area contributed by atoms with Gasteiger partial charge < -0.3 is 24.3 Å². The average Bonchev–Trinajstić information content (AvgIpc) is 4.26. The van der Waals surface area contributed by atoms with Gasteiger partial charge in [-0.3, -0.25) is 9.59 Å². The molecule has 0 bridgehead atoms. The Labute approximate surface area is 458 Å². The van der Waals surface area contributed by atoms with Gasteiger partial charge in [0.1, 0.15) is 0 Å². The van der Waals surface area contributed by atoms with Crippen LogP contribution in [-0.2, 0) is 20.9 Å². The molecule has 4 heterocycles. The van der Waals surface area contributed by atoms with E-state index >= 15 is 0 Å². The number of rotatable bonds is 2. The van der Waals surface area contributed by atoms with E-state index < -0.39 is 0 Å². The monoisotopic (exact) mass is 1020 g/mol. The molecule has 0 radical (unpaired) electrons. The maximum Gasteiger partial charge on any atom is 0.219 e. The van der Waals surface area contributed by atoms with Crippen LogP contribution in [0.3, 0.4) is 0 Å². The third-order valence-corrected chi connectivity index (χ3v) is 9.49. The van der Waals surface area contributed by atoms with Crippen molar-refractivity contribution >= 4 is 22.6 Å². The van der Waals surface area contributed by atoms with Gasteiger partial charge >= 0.3 is 0 Å². The second kappa shape index (κ2) is 65.2. The lowest BCUT2D eigenvalue weighted by Gasteiger charge is -2.10. The van der Waals surface area contributed by atoms with Gasteiger partial charge in [0.05, 0.1) is 6.61 Å². The van der Waals surface area contributed by atoms with Gasteiger partial charge in [0, 0.05) is 60.2 Å². The van der Waals surface area contributed by atoms with E-state index in [1.807, 2.05) is 127 Å². The van der Waals surface area contributed by atoms with Crippen molar-refractivity contribution in [1.29, 1.82) is 0 Å². The van der Waals surface area contributed by atoms with Gasteiger partial charge in [-0.15, -0.1) is 0 Å². The third-order valence-electron chi connectivity index (χ3n) is 9.49. The maximum atomic E-state index is 10.6. The van der Waals surface area contributed by atoms with E-state index in [1.54, 1.807) is 25.9 Å². The molecule has 0 N–H and O–H groups in total. The number of fused-ring (bicyclic) bond motifs is 1. The lowest BCUT2D eigenvalue weighted by Crippen LogP contribution is -2.24. The summed E-state index contributed by atoms with van der Waals surface area (Å²) in [6.45, 7) is 35.4. The van der Waals surface area contributed by atoms with Gasteiger partial charge in [-0.1, -0.05) is 252 Å². The van der Waals surface area contributed by atoms with Gasteiger partial charge in [-0.2, -0.15) is 0 Å². The number of benzene rings is 5. The van der Waals surface area contributed by atoms with Crippen LogP contribution in [0.2, 0.25) is 0 Å². The predicted octanol–water partition coefficient (Wildman–Crippen LogP) is 18.6. The summed E-state index contributed by atoms with van der Waals surface area (Å²) in [5.74, 6) is 0.428. The van der Waals surface area contributed by atoms with Gasteiger partial charge in [-0.25, -0.2) is 0 Å². The summed E-state index contributed by atoms with van der Waals surface area (Å²) in [6.07, 6.45) is 5.21. The number of carbonyl (C=O) groups is 2. The Bertz CT molecular complexity index is 1730. The molecule has 5 aromatic rings. The highest BCUT2D eigenvalue weighted by Crippen LogP contribution is 2.16.